The molecule has 0 amide bonds. The van der Waals surface area contributed by atoms with Crippen LogP contribution in [0.2, 0.25) is 0 Å². The van der Waals surface area contributed by atoms with Crippen molar-refractivity contribution >= 4 is 11.2 Å². The van der Waals surface area contributed by atoms with Crippen LogP contribution in [0.4, 0.5) is 13.2 Å². The van der Waals surface area contributed by atoms with Crippen LogP contribution in [0, 0.1) is 5.92 Å². The van der Waals surface area contributed by atoms with Crippen LogP contribution >= 0.6 is 0 Å². The number of nitrogens with zero attached hydrogens (tertiary/aromatic N) is 3. The van der Waals surface area contributed by atoms with Crippen LogP contribution < -0.4 is 5.32 Å². The first-order valence-electron chi connectivity index (χ1n) is 11.5. The molecule has 2 aromatic rings. The summed E-state index contributed by atoms with van der Waals surface area (Å²) in [6, 6.07) is 1.85. The van der Waals surface area contributed by atoms with Gasteiger partial charge in [0.1, 0.15) is 10.9 Å². The lowest BCUT2D eigenvalue weighted by Gasteiger charge is -2.19. The van der Waals surface area contributed by atoms with Gasteiger partial charge in [0.05, 0.1) is 6.61 Å². The number of aromatic nitrogens is 3. The van der Waals surface area contributed by atoms with Crippen molar-refractivity contribution in [2.24, 2.45) is 13.0 Å². The highest BCUT2D eigenvalue weighted by molar-refractivity contribution is 5.73. The standard InChI is InChI=1S/C11H10F3N3.C8H17NO.C4H8/c1-17-8(10(2-3-10)11(12,13)14)6-7-9(17)16-5-4-15-7;1-7-4-2-3-5-9-8(7)6-10;1-2-4-3-1/h4-6H,2-3H2,1H3;7-10H,2-6H2,1H3;1-4H2. The van der Waals surface area contributed by atoms with Gasteiger partial charge in [0.25, 0.3) is 0 Å². The summed E-state index contributed by atoms with van der Waals surface area (Å²) < 4.78 is 40.6. The van der Waals surface area contributed by atoms with Crippen LogP contribution in [0.3, 0.4) is 0 Å². The minimum atomic E-state index is -4.20. The highest BCUT2D eigenvalue weighted by Gasteiger charge is 2.65. The molecule has 0 radical (unpaired) electrons. The Kier molecular flexibility index (Phi) is 7.97. The number of aliphatic hydroxyl groups is 1. The normalized spacial score (nSPS) is 24.7. The molecule has 0 spiro atoms. The van der Waals surface area contributed by atoms with Gasteiger partial charge in [-0.15, -0.1) is 0 Å². The lowest BCUT2D eigenvalue weighted by atomic mass is 9.98. The van der Waals surface area contributed by atoms with Gasteiger partial charge >= 0.3 is 6.18 Å². The fourth-order valence-corrected chi connectivity index (χ4v) is 4.09. The number of aryl methyl sites for hydroxylation is 1. The predicted molar refractivity (Wildman–Crippen MR) is 116 cm³/mol. The van der Waals surface area contributed by atoms with Crippen molar-refractivity contribution in [2.45, 2.75) is 82.3 Å². The average Bonchev–Trinajstić information content (AvgIpc) is 3.46. The van der Waals surface area contributed by atoms with E-state index in [1.54, 1.807) is 7.05 Å². The molecule has 1 aliphatic heterocycles. The second kappa shape index (κ2) is 10.3. The Labute approximate surface area is 182 Å². The summed E-state index contributed by atoms with van der Waals surface area (Å²) >= 11 is 0. The molecule has 174 valence electrons. The molecule has 8 heteroatoms. The molecule has 3 fully saturated rings. The number of halogens is 3. The van der Waals surface area contributed by atoms with Crippen LogP contribution in [0.25, 0.3) is 11.2 Å². The van der Waals surface area contributed by atoms with Gasteiger partial charge in [-0.1, -0.05) is 39.0 Å². The van der Waals surface area contributed by atoms with E-state index in [1.807, 2.05) is 0 Å². The van der Waals surface area contributed by atoms with E-state index in [1.165, 1.54) is 68.0 Å². The lowest BCUT2D eigenvalue weighted by Crippen LogP contribution is -2.36. The van der Waals surface area contributed by atoms with Crippen molar-refractivity contribution in [1.82, 2.24) is 19.9 Å². The fraction of sp³-hybridized carbons (Fsp3) is 0.739. The summed E-state index contributed by atoms with van der Waals surface area (Å²) in [6.45, 7) is 3.58. The third-order valence-electron chi connectivity index (χ3n) is 6.82. The number of aliphatic hydroxyl groups excluding tert-OH is 1. The number of hydrogen-bond donors (Lipinski definition) is 2. The van der Waals surface area contributed by atoms with Gasteiger partial charge in [0.2, 0.25) is 0 Å². The fourth-order valence-electron chi connectivity index (χ4n) is 4.09. The zero-order chi connectivity index (χ0) is 22.5. The Morgan fingerprint density at radius 2 is 1.74 bits per heavy atom. The second-order valence-electron chi connectivity index (χ2n) is 9.06. The smallest absolute Gasteiger partial charge is 0.395 e. The monoisotopic (exact) mass is 440 g/mol. The molecular weight excluding hydrogens is 405 g/mol. The quantitative estimate of drug-likeness (QED) is 0.699. The maximum Gasteiger partial charge on any atom is 0.399 e. The van der Waals surface area contributed by atoms with Crippen molar-refractivity contribution in [3.63, 3.8) is 0 Å². The summed E-state index contributed by atoms with van der Waals surface area (Å²) in [6.07, 6.45) is 8.92. The minimum absolute atomic E-state index is 0.153. The Hall–Kier alpha value is -1.67. The van der Waals surface area contributed by atoms with E-state index in [0.717, 1.165) is 6.54 Å². The third kappa shape index (κ3) is 5.58. The number of nitrogens with one attached hydrogen (secondary N) is 1. The largest absolute Gasteiger partial charge is 0.399 e. The molecule has 0 aromatic carbocycles. The van der Waals surface area contributed by atoms with Crippen molar-refractivity contribution in [3.05, 3.63) is 24.2 Å². The predicted octanol–water partition coefficient (Wildman–Crippen LogP) is 4.88. The molecule has 31 heavy (non-hydrogen) atoms. The minimum Gasteiger partial charge on any atom is -0.395 e. The Morgan fingerprint density at radius 1 is 1.10 bits per heavy atom. The van der Waals surface area contributed by atoms with E-state index in [2.05, 4.69) is 22.2 Å². The number of alkyl halides is 3. The van der Waals surface area contributed by atoms with Crippen molar-refractivity contribution in [2.75, 3.05) is 13.2 Å². The van der Waals surface area contributed by atoms with Crippen molar-refractivity contribution < 1.29 is 18.3 Å². The molecule has 2 saturated carbocycles. The van der Waals surface area contributed by atoms with Gasteiger partial charge in [0.15, 0.2) is 5.65 Å². The summed E-state index contributed by atoms with van der Waals surface area (Å²) in [5, 5.41) is 12.3. The summed E-state index contributed by atoms with van der Waals surface area (Å²) in [4.78, 5) is 8.09. The van der Waals surface area contributed by atoms with Gasteiger partial charge in [-0.3, -0.25) is 4.98 Å². The van der Waals surface area contributed by atoms with Gasteiger partial charge in [-0.25, -0.2) is 4.98 Å². The number of hydrogen-bond acceptors (Lipinski definition) is 4. The molecule has 2 aromatic heterocycles. The Bertz CT molecular complexity index is 824. The summed E-state index contributed by atoms with van der Waals surface area (Å²) in [5.41, 5.74) is -0.394. The summed E-state index contributed by atoms with van der Waals surface area (Å²) in [7, 11) is 1.61. The maximum atomic E-state index is 13.0. The van der Waals surface area contributed by atoms with Gasteiger partial charge in [0, 0.05) is 31.2 Å². The first-order valence-corrected chi connectivity index (χ1v) is 11.5. The molecule has 2 aliphatic carbocycles. The number of rotatable bonds is 2. The van der Waals surface area contributed by atoms with Crippen LogP contribution in [0.1, 0.15) is 70.4 Å². The van der Waals surface area contributed by atoms with Crippen LogP contribution in [-0.2, 0) is 12.5 Å². The maximum absolute atomic E-state index is 13.0. The van der Waals surface area contributed by atoms with Crippen LogP contribution in [-0.4, -0.2) is 45.0 Å². The first kappa shape index (κ1) is 24.0. The van der Waals surface area contributed by atoms with Crippen LogP contribution in [0.5, 0.6) is 0 Å². The molecule has 1 saturated heterocycles. The van der Waals surface area contributed by atoms with Crippen LogP contribution in [0.15, 0.2) is 18.5 Å². The molecule has 3 aliphatic rings. The molecular formula is C23H35F3N4O. The molecule has 5 rings (SSSR count). The Morgan fingerprint density at radius 3 is 2.26 bits per heavy atom. The van der Waals surface area contributed by atoms with Gasteiger partial charge in [-0.05, 0) is 44.2 Å². The molecule has 2 unspecified atom stereocenters. The van der Waals surface area contributed by atoms with Crippen molar-refractivity contribution in [1.29, 1.82) is 0 Å². The van der Waals surface area contributed by atoms with E-state index in [0.29, 0.717) is 29.7 Å². The van der Waals surface area contributed by atoms with Crippen molar-refractivity contribution in [3.8, 4) is 0 Å². The van der Waals surface area contributed by atoms with E-state index < -0.39 is 11.6 Å². The molecule has 2 atom stereocenters. The molecule has 2 N–H and O–H groups in total. The second-order valence-corrected chi connectivity index (χ2v) is 9.06. The molecule has 0 bridgehead atoms. The van der Waals surface area contributed by atoms with Gasteiger partial charge in [-0.2, -0.15) is 13.2 Å². The first-order chi connectivity index (χ1) is 14.8. The van der Waals surface area contributed by atoms with E-state index in [9.17, 15) is 13.2 Å². The highest BCUT2D eigenvalue weighted by Crippen LogP contribution is 2.59. The van der Waals surface area contributed by atoms with Gasteiger partial charge < -0.3 is 15.0 Å². The molecule has 3 heterocycles. The zero-order valence-corrected chi connectivity index (χ0v) is 18.6. The molecule has 5 nitrogen and oxygen atoms in total. The SMILES string of the molecule is C1CCC1.CC1CCCCNC1CO.Cn1c(C2(C(F)(F)F)CC2)cc2nccnc21. The Balaban J connectivity index is 0.000000163. The lowest BCUT2D eigenvalue weighted by molar-refractivity contribution is -0.162. The topological polar surface area (TPSA) is 63.0 Å². The highest BCUT2D eigenvalue weighted by atomic mass is 19.4. The van der Waals surface area contributed by atoms with E-state index in [-0.39, 0.29) is 18.5 Å². The summed E-state index contributed by atoms with van der Waals surface area (Å²) in [5.74, 6) is 0.646. The third-order valence-corrected chi connectivity index (χ3v) is 6.82. The van der Waals surface area contributed by atoms with E-state index >= 15 is 0 Å². The number of fused-ring (bicyclic) bond motifs is 1. The zero-order valence-electron chi connectivity index (χ0n) is 18.6. The average molecular weight is 441 g/mol. The van der Waals surface area contributed by atoms with E-state index in [4.69, 9.17) is 5.11 Å².